The van der Waals surface area contributed by atoms with Crippen molar-refractivity contribution in [3.8, 4) is 6.07 Å². The highest BCUT2D eigenvalue weighted by atomic mass is 16.5. The number of aromatic nitrogens is 1. The first-order valence-corrected chi connectivity index (χ1v) is 4.25. The number of primary amides is 1. The summed E-state index contributed by atoms with van der Waals surface area (Å²) in [6.45, 7) is 0.554. The van der Waals surface area contributed by atoms with Crippen LogP contribution >= 0.6 is 0 Å². The van der Waals surface area contributed by atoms with Crippen molar-refractivity contribution >= 4 is 11.9 Å². The molecule has 78 valence electrons. The number of ether oxygens (including phenoxy) is 1. The third kappa shape index (κ3) is 3.95. The molecule has 0 radical (unpaired) electrons. The third-order valence-electron chi connectivity index (χ3n) is 1.52. The molecular weight excluding hydrogens is 196 g/mol. The molecule has 0 aromatic carbocycles. The second-order valence-corrected chi connectivity index (χ2v) is 2.61. The number of nitrogens with two attached hydrogens (primary N) is 1. The maximum Gasteiger partial charge on any atom is 0.404 e. The zero-order valence-electron chi connectivity index (χ0n) is 7.93. The van der Waals surface area contributed by atoms with Crippen molar-refractivity contribution in [1.82, 2.24) is 4.98 Å². The number of pyridine rings is 1. The van der Waals surface area contributed by atoms with Crippen LogP contribution in [0.2, 0.25) is 0 Å². The zero-order valence-corrected chi connectivity index (χ0v) is 7.93. The van der Waals surface area contributed by atoms with Gasteiger partial charge in [0.2, 0.25) is 0 Å². The fourth-order valence-electron chi connectivity index (χ4n) is 0.926. The van der Waals surface area contributed by atoms with E-state index in [0.29, 0.717) is 18.1 Å². The molecule has 6 nitrogen and oxygen atoms in total. The fourth-order valence-corrected chi connectivity index (χ4v) is 0.926. The smallest absolute Gasteiger partial charge is 0.404 e. The van der Waals surface area contributed by atoms with Gasteiger partial charge in [0, 0.05) is 0 Å². The van der Waals surface area contributed by atoms with Crippen LogP contribution in [0.5, 0.6) is 0 Å². The fraction of sp³-hybridized carbons (Fsp3) is 0.222. The molecule has 0 bridgehead atoms. The third-order valence-corrected chi connectivity index (χ3v) is 1.52. The molecule has 0 unspecified atom stereocenters. The summed E-state index contributed by atoms with van der Waals surface area (Å²) in [5, 5.41) is 11.5. The minimum Gasteiger partial charge on any atom is -0.448 e. The van der Waals surface area contributed by atoms with Crippen LogP contribution in [-0.4, -0.2) is 24.2 Å². The molecule has 1 heterocycles. The Kier molecular flexibility index (Phi) is 3.91. The molecule has 1 amide bonds. The predicted octanol–water partition coefficient (Wildman–Crippen LogP) is 0.460. The van der Waals surface area contributed by atoms with Crippen molar-refractivity contribution in [2.75, 3.05) is 18.5 Å². The van der Waals surface area contributed by atoms with Gasteiger partial charge in [0.05, 0.1) is 6.54 Å². The van der Waals surface area contributed by atoms with E-state index in [1.54, 1.807) is 18.2 Å². The summed E-state index contributed by atoms with van der Waals surface area (Å²) in [7, 11) is 0. The molecule has 0 aliphatic carbocycles. The van der Waals surface area contributed by atoms with Gasteiger partial charge < -0.3 is 15.8 Å². The van der Waals surface area contributed by atoms with Gasteiger partial charge in [-0.1, -0.05) is 6.07 Å². The number of amides is 1. The number of hydrogen-bond acceptors (Lipinski definition) is 5. The first kappa shape index (κ1) is 10.8. The topological polar surface area (TPSA) is 101 Å². The van der Waals surface area contributed by atoms with Crippen molar-refractivity contribution in [3.63, 3.8) is 0 Å². The average molecular weight is 206 g/mol. The number of hydrogen-bond donors (Lipinski definition) is 2. The van der Waals surface area contributed by atoms with Crippen molar-refractivity contribution in [2.45, 2.75) is 0 Å². The van der Waals surface area contributed by atoms with Gasteiger partial charge >= 0.3 is 6.09 Å². The van der Waals surface area contributed by atoms with Gasteiger partial charge in [-0.15, -0.1) is 0 Å². The van der Waals surface area contributed by atoms with Crippen molar-refractivity contribution in [2.24, 2.45) is 5.73 Å². The Labute approximate surface area is 86.7 Å². The largest absolute Gasteiger partial charge is 0.448 e. The van der Waals surface area contributed by atoms with Crippen LogP contribution in [0.4, 0.5) is 10.6 Å². The van der Waals surface area contributed by atoms with Gasteiger partial charge in [-0.3, -0.25) is 0 Å². The monoisotopic (exact) mass is 206 g/mol. The molecule has 1 aromatic rings. The normalized spacial score (nSPS) is 9.00. The standard InChI is InChI=1S/C9H10N4O2/c10-6-7-2-1-3-8(13-7)12-4-5-15-9(11)14/h1-3H,4-5H2,(H2,11,14)(H,12,13). The Morgan fingerprint density at radius 1 is 1.67 bits per heavy atom. The van der Waals surface area contributed by atoms with E-state index in [4.69, 9.17) is 11.0 Å². The van der Waals surface area contributed by atoms with Crippen LogP contribution in [-0.2, 0) is 4.74 Å². The van der Waals surface area contributed by atoms with Crippen LogP contribution < -0.4 is 11.1 Å². The molecule has 6 heteroatoms. The molecule has 0 saturated carbocycles. The van der Waals surface area contributed by atoms with E-state index in [2.05, 4.69) is 15.0 Å². The lowest BCUT2D eigenvalue weighted by Crippen LogP contribution is -2.18. The summed E-state index contributed by atoms with van der Waals surface area (Å²) >= 11 is 0. The number of nitrogens with one attached hydrogen (secondary N) is 1. The Morgan fingerprint density at radius 2 is 2.47 bits per heavy atom. The lowest BCUT2D eigenvalue weighted by atomic mass is 10.3. The van der Waals surface area contributed by atoms with Gasteiger partial charge in [-0.05, 0) is 12.1 Å². The zero-order chi connectivity index (χ0) is 11.1. The SMILES string of the molecule is N#Cc1cccc(NCCOC(N)=O)n1. The van der Waals surface area contributed by atoms with Crippen LogP contribution in [0.25, 0.3) is 0 Å². The molecule has 0 atom stereocenters. The highest BCUT2D eigenvalue weighted by molar-refractivity contribution is 5.64. The molecule has 1 aromatic heterocycles. The molecule has 0 aliphatic heterocycles. The van der Waals surface area contributed by atoms with E-state index in [1.807, 2.05) is 6.07 Å². The molecule has 0 fully saturated rings. The highest BCUT2D eigenvalue weighted by Gasteiger charge is 1.96. The van der Waals surface area contributed by atoms with E-state index in [-0.39, 0.29) is 6.61 Å². The lowest BCUT2D eigenvalue weighted by molar-refractivity contribution is 0.161. The summed E-state index contributed by atoms with van der Waals surface area (Å²) in [5.74, 6) is 0.558. The van der Waals surface area contributed by atoms with E-state index in [1.165, 1.54) is 0 Å². The van der Waals surface area contributed by atoms with E-state index in [0.717, 1.165) is 0 Å². The molecule has 0 aliphatic rings. The van der Waals surface area contributed by atoms with Crippen molar-refractivity contribution in [3.05, 3.63) is 23.9 Å². The second kappa shape index (κ2) is 5.44. The Hall–Kier alpha value is -2.29. The summed E-state index contributed by atoms with van der Waals surface area (Å²) in [5.41, 5.74) is 5.10. The number of carbonyl (C=O) groups excluding carboxylic acids is 1. The quantitative estimate of drug-likeness (QED) is 0.697. The highest BCUT2D eigenvalue weighted by Crippen LogP contribution is 2.02. The molecular formula is C9H10N4O2. The lowest BCUT2D eigenvalue weighted by Gasteiger charge is -2.04. The second-order valence-electron chi connectivity index (χ2n) is 2.61. The summed E-state index contributed by atoms with van der Waals surface area (Å²) in [6.07, 6.45) is -0.810. The Morgan fingerprint density at radius 3 is 3.13 bits per heavy atom. The summed E-state index contributed by atoms with van der Waals surface area (Å²) < 4.78 is 4.50. The first-order valence-electron chi connectivity index (χ1n) is 4.25. The molecule has 0 saturated heterocycles. The molecule has 0 spiro atoms. The van der Waals surface area contributed by atoms with Crippen LogP contribution in [0.15, 0.2) is 18.2 Å². The molecule has 3 N–H and O–H groups in total. The van der Waals surface area contributed by atoms with Gasteiger partial charge in [0.15, 0.2) is 0 Å². The van der Waals surface area contributed by atoms with E-state index in [9.17, 15) is 4.79 Å². The van der Waals surface area contributed by atoms with E-state index < -0.39 is 6.09 Å². The number of anilines is 1. The van der Waals surface area contributed by atoms with Gasteiger partial charge in [0.1, 0.15) is 24.2 Å². The van der Waals surface area contributed by atoms with Crippen molar-refractivity contribution in [1.29, 1.82) is 5.26 Å². The maximum atomic E-state index is 10.2. The minimum absolute atomic E-state index is 0.161. The number of nitriles is 1. The predicted molar refractivity (Wildman–Crippen MR) is 53.0 cm³/mol. The summed E-state index contributed by atoms with van der Waals surface area (Å²) in [4.78, 5) is 14.2. The average Bonchev–Trinajstić information content (AvgIpc) is 2.24. The van der Waals surface area contributed by atoms with Gasteiger partial charge in [0.25, 0.3) is 0 Å². The Bertz CT molecular complexity index is 386. The van der Waals surface area contributed by atoms with Crippen LogP contribution in [0.1, 0.15) is 5.69 Å². The summed E-state index contributed by atoms with van der Waals surface area (Å²) in [6, 6.07) is 6.95. The number of carbonyl (C=O) groups is 1. The van der Waals surface area contributed by atoms with Gasteiger partial charge in [-0.25, -0.2) is 9.78 Å². The maximum absolute atomic E-state index is 10.2. The molecule has 15 heavy (non-hydrogen) atoms. The minimum atomic E-state index is -0.810. The van der Waals surface area contributed by atoms with E-state index >= 15 is 0 Å². The van der Waals surface area contributed by atoms with Crippen LogP contribution in [0, 0.1) is 11.3 Å². The van der Waals surface area contributed by atoms with Crippen molar-refractivity contribution < 1.29 is 9.53 Å². The van der Waals surface area contributed by atoms with Gasteiger partial charge in [-0.2, -0.15) is 5.26 Å². The Balaban J connectivity index is 2.38. The number of nitrogens with zero attached hydrogens (tertiary/aromatic N) is 2. The number of rotatable bonds is 4. The molecule has 1 rings (SSSR count). The van der Waals surface area contributed by atoms with Crippen LogP contribution in [0.3, 0.4) is 0 Å². The first-order chi connectivity index (χ1) is 7.22.